The van der Waals surface area contributed by atoms with Gasteiger partial charge in [0.05, 0.1) is 30.1 Å². The SMILES string of the molecule is NC(=O)C[C@H](NC(=O)c1ccc2ccccc2n1)C(=O)N[C@@H](Cc1ccccc1)[C@H](O)CN1CCCC[C@H]1C(N)=O. The Labute approximate surface area is 238 Å². The van der Waals surface area contributed by atoms with Gasteiger partial charge in [0.25, 0.3) is 5.91 Å². The summed E-state index contributed by atoms with van der Waals surface area (Å²) in [7, 11) is 0. The maximum Gasteiger partial charge on any atom is 0.270 e. The average Bonchev–Trinajstić information content (AvgIpc) is 2.96. The van der Waals surface area contributed by atoms with E-state index in [0.29, 0.717) is 18.5 Å². The first kappa shape index (κ1) is 29.6. The molecule has 4 rings (SSSR count). The van der Waals surface area contributed by atoms with Crippen molar-refractivity contribution in [3.63, 3.8) is 0 Å². The number of aromatic nitrogens is 1. The van der Waals surface area contributed by atoms with Crippen LogP contribution in [0.1, 0.15) is 41.7 Å². The fourth-order valence-corrected chi connectivity index (χ4v) is 5.17. The molecule has 0 unspecified atom stereocenters. The maximum absolute atomic E-state index is 13.5. The summed E-state index contributed by atoms with van der Waals surface area (Å²) in [5.74, 6) is -2.56. The molecule has 3 aromatic rings. The number of benzene rings is 2. The molecule has 1 saturated heterocycles. The monoisotopic (exact) mass is 560 g/mol. The summed E-state index contributed by atoms with van der Waals surface area (Å²) in [6, 6.07) is 17.3. The lowest BCUT2D eigenvalue weighted by Crippen LogP contribution is -2.57. The van der Waals surface area contributed by atoms with Crippen LogP contribution in [0.2, 0.25) is 0 Å². The van der Waals surface area contributed by atoms with Crippen LogP contribution in [0.3, 0.4) is 0 Å². The lowest BCUT2D eigenvalue weighted by atomic mass is 9.97. The van der Waals surface area contributed by atoms with Crippen molar-refractivity contribution >= 4 is 34.5 Å². The molecule has 1 aromatic heterocycles. The second-order valence-electron chi connectivity index (χ2n) is 10.4. The third-order valence-electron chi connectivity index (χ3n) is 7.31. The third-order valence-corrected chi connectivity index (χ3v) is 7.31. The molecule has 11 heteroatoms. The number of likely N-dealkylation sites (tertiary alicyclic amines) is 1. The largest absolute Gasteiger partial charge is 0.390 e. The Morgan fingerprint density at radius 2 is 1.68 bits per heavy atom. The van der Waals surface area contributed by atoms with E-state index in [1.165, 1.54) is 6.07 Å². The zero-order chi connectivity index (χ0) is 29.4. The van der Waals surface area contributed by atoms with Crippen molar-refractivity contribution in [2.75, 3.05) is 13.1 Å². The van der Waals surface area contributed by atoms with Gasteiger partial charge >= 0.3 is 0 Å². The molecule has 7 N–H and O–H groups in total. The molecule has 11 nitrogen and oxygen atoms in total. The van der Waals surface area contributed by atoms with E-state index in [2.05, 4.69) is 15.6 Å². The Morgan fingerprint density at radius 1 is 0.951 bits per heavy atom. The van der Waals surface area contributed by atoms with Crippen LogP contribution in [0.5, 0.6) is 0 Å². The van der Waals surface area contributed by atoms with Gasteiger partial charge in [-0.15, -0.1) is 0 Å². The van der Waals surface area contributed by atoms with Crippen LogP contribution in [0.25, 0.3) is 10.9 Å². The number of amides is 4. The number of piperidine rings is 1. The first-order valence-electron chi connectivity index (χ1n) is 13.7. The number of para-hydroxylation sites is 1. The Kier molecular flexibility index (Phi) is 9.99. The fourth-order valence-electron chi connectivity index (χ4n) is 5.17. The molecule has 1 aliphatic heterocycles. The molecule has 1 fully saturated rings. The first-order chi connectivity index (χ1) is 19.7. The molecule has 41 heavy (non-hydrogen) atoms. The maximum atomic E-state index is 13.5. The van der Waals surface area contributed by atoms with Crippen molar-refractivity contribution in [1.82, 2.24) is 20.5 Å². The predicted octanol–water partition coefficient (Wildman–Crippen LogP) is 0.637. The van der Waals surface area contributed by atoms with Gasteiger partial charge in [0.1, 0.15) is 11.7 Å². The highest BCUT2D eigenvalue weighted by Gasteiger charge is 2.33. The number of carbonyl (C=O) groups is 4. The Hall–Kier alpha value is -4.35. The number of nitrogens with two attached hydrogens (primary N) is 2. The molecule has 0 spiro atoms. The quantitative estimate of drug-likeness (QED) is 0.215. The number of aliphatic hydroxyl groups excluding tert-OH is 1. The van der Waals surface area contributed by atoms with Crippen LogP contribution >= 0.6 is 0 Å². The van der Waals surface area contributed by atoms with E-state index < -0.39 is 54.3 Å². The molecule has 0 saturated carbocycles. The van der Waals surface area contributed by atoms with Crippen molar-refractivity contribution < 1.29 is 24.3 Å². The van der Waals surface area contributed by atoms with Crippen LogP contribution in [-0.4, -0.2) is 75.9 Å². The highest BCUT2D eigenvalue weighted by Crippen LogP contribution is 2.19. The van der Waals surface area contributed by atoms with Crippen molar-refractivity contribution in [2.45, 2.75) is 56.3 Å². The van der Waals surface area contributed by atoms with Gasteiger partial charge in [0.2, 0.25) is 17.7 Å². The molecule has 0 bridgehead atoms. The second kappa shape index (κ2) is 13.8. The number of primary amides is 2. The molecule has 0 aliphatic carbocycles. The molecular formula is C30H36N6O5. The number of rotatable bonds is 12. The number of carbonyl (C=O) groups excluding carboxylic acids is 4. The summed E-state index contributed by atoms with van der Waals surface area (Å²) >= 11 is 0. The van der Waals surface area contributed by atoms with Crippen LogP contribution in [-0.2, 0) is 20.8 Å². The number of nitrogens with one attached hydrogen (secondary N) is 2. The topological polar surface area (TPSA) is 181 Å². The molecule has 0 radical (unpaired) electrons. The van der Waals surface area contributed by atoms with E-state index in [0.717, 1.165) is 23.8 Å². The second-order valence-corrected chi connectivity index (χ2v) is 10.4. The van der Waals surface area contributed by atoms with Gasteiger partial charge in [0, 0.05) is 11.9 Å². The summed E-state index contributed by atoms with van der Waals surface area (Å²) in [4.78, 5) is 56.6. The first-order valence-corrected chi connectivity index (χ1v) is 13.7. The molecule has 216 valence electrons. The fraction of sp³-hybridized carbons (Fsp3) is 0.367. The van der Waals surface area contributed by atoms with Gasteiger partial charge in [-0.2, -0.15) is 0 Å². The normalized spacial score (nSPS) is 17.7. The summed E-state index contributed by atoms with van der Waals surface area (Å²) in [6.45, 7) is 0.703. The Balaban J connectivity index is 1.52. The number of hydrogen-bond donors (Lipinski definition) is 5. The summed E-state index contributed by atoms with van der Waals surface area (Å²) in [5.41, 5.74) is 12.6. The van der Waals surface area contributed by atoms with E-state index in [4.69, 9.17) is 11.5 Å². The lowest BCUT2D eigenvalue weighted by molar-refractivity contribution is -0.128. The van der Waals surface area contributed by atoms with Gasteiger partial charge in [-0.25, -0.2) is 4.98 Å². The number of fused-ring (bicyclic) bond motifs is 1. The van der Waals surface area contributed by atoms with E-state index in [-0.39, 0.29) is 18.7 Å². The summed E-state index contributed by atoms with van der Waals surface area (Å²) in [5, 5.41) is 17.5. The highest BCUT2D eigenvalue weighted by molar-refractivity contribution is 5.99. The smallest absolute Gasteiger partial charge is 0.270 e. The Bertz CT molecular complexity index is 1380. The van der Waals surface area contributed by atoms with E-state index in [9.17, 15) is 24.3 Å². The molecular weight excluding hydrogens is 524 g/mol. The van der Waals surface area contributed by atoms with E-state index >= 15 is 0 Å². The molecule has 4 amide bonds. The standard InChI is InChI=1S/C30H36N6O5/c31-27(38)17-24(35-29(40)22-14-13-20-10-4-5-11-21(20)33-22)30(41)34-23(16-19-8-2-1-3-9-19)26(37)18-36-15-7-6-12-25(36)28(32)39/h1-5,8-11,13-14,23-26,37H,6-7,12,15-18H2,(H2,31,38)(H2,32,39)(H,34,41)(H,35,40)/t23-,24-,25-,26+/m0/s1. The predicted molar refractivity (Wildman–Crippen MR) is 153 cm³/mol. The number of nitrogens with zero attached hydrogens (tertiary/aromatic N) is 2. The van der Waals surface area contributed by atoms with Crippen LogP contribution < -0.4 is 22.1 Å². The lowest BCUT2D eigenvalue weighted by Gasteiger charge is -2.37. The number of hydrogen-bond acceptors (Lipinski definition) is 7. The van der Waals surface area contributed by atoms with Crippen molar-refractivity contribution in [1.29, 1.82) is 0 Å². The minimum Gasteiger partial charge on any atom is -0.390 e. The third kappa shape index (κ3) is 8.09. The summed E-state index contributed by atoms with van der Waals surface area (Å²) in [6.07, 6.45) is 1.08. The van der Waals surface area contributed by atoms with Crippen LogP contribution in [0.15, 0.2) is 66.7 Å². The zero-order valence-electron chi connectivity index (χ0n) is 22.7. The van der Waals surface area contributed by atoms with Gasteiger partial charge in [0.15, 0.2) is 0 Å². The average molecular weight is 561 g/mol. The van der Waals surface area contributed by atoms with Gasteiger partial charge in [-0.05, 0) is 43.5 Å². The van der Waals surface area contributed by atoms with E-state index in [1.54, 1.807) is 18.2 Å². The van der Waals surface area contributed by atoms with Crippen molar-refractivity contribution in [3.05, 3.63) is 78.0 Å². The van der Waals surface area contributed by atoms with Crippen LogP contribution in [0, 0.1) is 0 Å². The van der Waals surface area contributed by atoms with Crippen LogP contribution in [0.4, 0.5) is 0 Å². The number of pyridine rings is 1. The molecule has 2 aromatic carbocycles. The number of aliphatic hydroxyl groups is 1. The summed E-state index contributed by atoms with van der Waals surface area (Å²) < 4.78 is 0. The van der Waals surface area contributed by atoms with Gasteiger partial charge in [-0.1, -0.05) is 61.0 Å². The van der Waals surface area contributed by atoms with E-state index in [1.807, 2.05) is 47.4 Å². The minimum atomic E-state index is -1.30. The molecule has 4 atom stereocenters. The number of β-amino-alcohol motifs (C(OH)–C–C–N with tert-alkyl or cyclic N) is 1. The van der Waals surface area contributed by atoms with Crippen molar-refractivity contribution in [2.24, 2.45) is 11.5 Å². The van der Waals surface area contributed by atoms with Gasteiger partial charge < -0.3 is 27.2 Å². The molecule has 2 heterocycles. The van der Waals surface area contributed by atoms with Crippen molar-refractivity contribution in [3.8, 4) is 0 Å². The molecule has 1 aliphatic rings. The minimum absolute atomic E-state index is 0.0782. The highest BCUT2D eigenvalue weighted by atomic mass is 16.3. The van der Waals surface area contributed by atoms with Gasteiger partial charge in [-0.3, -0.25) is 24.1 Å². The zero-order valence-corrected chi connectivity index (χ0v) is 22.7. The Morgan fingerprint density at radius 3 is 2.41 bits per heavy atom.